The van der Waals surface area contributed by atoms with Gasteiger partial charge in [-0.25, -0.2) is 17.5 Å². The van der Waals surface area contributed by atoms with Crippen LogP contribution in [0.25, 0.3) is 0 Å². The number of hydrogen-bond acceptors (Lipinski definition) is 3. The number of piperidine rings is 1. The molecule has 0 atom stereocenters. The molecule has 0 aromatic carbocycles. The fourth-order valence-electron chi connectivity index (χ4n) is 2.34. The third-order valence-corrected chi connectivity index (χ3v) is 5.54. The van der Waals surface area contributed by atoms with E-state index in [2.05, 4.69) is 5.32 Å². The molecule has 2 amide bonds. The highest BCUT2D eigenvalue weighted by Gasteiger charge is 2.33. The molecule has 2 aliphatic heterocycles. The van der Waals surface area contributed by atoms with Gasteiger partial charge in [-0.1, -0.05) is 0 Å². The van der Waals surface area contributed by atoms with E-state index in [1.807, 2.05) is 0 Å². The Morgan fingerprint density at radius 2 is 1.94 bits per heavy atom. The van der Waals surface area contributed by atoms with Gasteiger partial charge in [0.2, 0.25) is 10.0 Å². The minimum atomic E-state index is -3.30. The van der Waals surface area contributed by atoms with Crippen LogP contribution in [0.3, 0.4) is 0 Å². The molecule has 8 heteroatoms. The Kier molecular flexibility index (Phi) is 3.79. The molecule has 0 aromatic heterocycles. The van der Waals surface area contributed by atoms with Crippen LogP contribution in [0.2, 0.25) is 0 Å². The highest BCUT2D eigenvalue weighted by molar-refractivity contribution is 7.90. The predicted octanol–water partition coefficient (Wildman–Crippen LogP) is 0.00210. The van der Waals surface area contributed by atoms with Crippen LogP contribution in [0.5, 0.6) is 0 Å². The van der Waals surface area contributed by atoms with Gasteiger partial charge in [-0.05, 0) is 12.8 Å². The Labute approximate surface area is 106 Å². The number of nitrogens with zero attached hydrogens (tertiary/aromatic N) is 2. The van der Waals surface area contributed by atoms with Gasteiger partial charge in [0.25, 0.3) is 0 Å². The third-order valence-electron chi connectivity index (χ3n) is 3.29. The smallest absolute Gasteiger partial charge is 0.317 e. The highest BCUT2D eigenvalue weighted by Crippen LogP contribution is 2.20. The summed E-state index contributed by atoms with van der Waals surface area (Å²) in [6.45, 7) is 2.29. The summed E-state index contributed by atoms with van der Waals surface area (Å²) in [4.78, 5) is 13.3. The van der Waals surface area contributed by atoms with E-state index < -0.39 is 10.0 Å². The van der Waals surface area contributed by atoms with Crippen molar-refractivity contribution < 1.29 is 13.2 Å². The standard InChI is InChI=1S/C9H16ClN3O3S/c10-7-17(15,16)12-4-1-8(2-5-12)13-6-3-11-9(13)14/h8H,1-7H2,(H,11,14). The van der Waals surface area contributed by atoms with E-state index in [9.17, 15) is 13.2 Å². The van der Waals surface area contributed by atoms with Crippen LogP contribution >= 0.6 is 11.6 Å². The maximum absolute atomic E-state index is 11.5. The minimum Gasteiger partial charge on any atom is -0.336 e. The molecule has 2 aliphatic rings. The molecular formula is C9H16ClN3O3S. The Bertz CT molecular complexity index is 392. The number of nitrogens with one attached hydrogen (secondary N) is 1. The van der Waals surface area contributed by atoms with Crippen LogP contribution in [-0.4, -0.2) is 61.1 Å². The van der Waals surface area contributed by atoms with E-state index in [0.717, 1.165) is 0 Å². The van der Waals surface area contributed by atoms with Crippen LogP contribution in [-0.2, 0) is 10.0 Å². The maximum Gasteiger partial charge on any atom is 0.317 e. The molecule has 1 N–H and O–H groups in total. The monoisotopic (exact) mass is 281 g/mol. The lowest BCUT2D eigenvalue weighted by atomic mass is 10.1. The van der Waals surface area contributed by atoms with Gasteiger partial charge in [0.1, 0.15) is 5.21 Å². The Morgan fingerprint density at radius 1 is 1.29 bits per heavy atom. The normalized spacial score (nSPS) is 24.1. The van der Waals surface area contributed by atoms with Gasteiger partial charge in [0, 0.05) is 32.2 Å². The first-order chi connectivity index (χ1) is 8.04. The molecule has 6 nitrogen and oxygen atoms in total. The molecule has 2 rings (SSSR count). The average molecular weight is 282 g/mol. The molecule has 0 radical (unpaired) electrons. The van der Waals surface area contributed by atoms with Crippen molar-refractivity contribution in [2.45, 2.75) is 18.9 Å². The first kappa shape index (κ1) is 12.9. The van der Waals surface area contributed by atoms with Crippen molar-refractivity contribution in [2.24, 2.45) is 0 Å². The third kappa shape index (κ3) is 2.66. The number of halogens is 1. The van der Waals surface area contributed by atoms with Gasteiger partial charge in [-0.3, -0.25) is 0 Å². The first-order valence-corrected chi connectivity index (χ1v) is 7.77. The number of urea groups is 1. The number of carbonyl (C=O) groups excluding carboxylic acids is 1. The second-order valence-corrected chi connectivity index (χ2v) is 6.83. The van der Waals surface area contributed by atoms with E-state index in [0.29, 0.717) is 39.0 Å². The maximum atomic E-state index is 11.5. The molecule has 2 saturated heterocycles. The zero-order chi connectivity index (χ0) is 12.5. The first-order valence-electron chi connectivity index (χ1n) is 5.63. The van der Waals surface area contributed by atoms with Crippen molar-refractivity contribution in [3.63, 3.8) is 0 Å². The van der Waals surface area contributed by atoms with Gasteiger partial charge in [-0.15, -0.1) is 11.6 Å². The SMILES string of the molecule is O=C1NCCN1C1CCN(S(=O)(=O)CCl)CC1. The Balaban J connectivity index is 1.92. The van der Waals surface area contributed by atoms with Crippen molar-refractivity contribution in [3.05, 3.63) is 0 Å². The summed E-state index contributed by atoms with van der Waals surface area (Å²) in [6.07, 6.45) is 1.37. The molecule has 0 spiro atoms. The molecule has 17 heavy (non-hydrogen) atoms. The number of hydrogen-bond donors (Lipinski definition) is 1. The van der Waals surface area contributed by atoms with E-state index in [1.54, 1.807) is 4.90 Å². The summed E-state index contributed by atoms with van der Waals surface area (Å²) in [5.41, 5.74) is 0. The second-order valence-electron chi connectivity index (χ2n) is 4.28. The summed E-state index contributed by atoms with van der Waals surface area (Å²) in [5.74, 6) is 0. The minimum absolute atomic E-state index is 0.0383. The van der Waals surface area contributed by atoms with Gasteiger partial charge in [-0.2, -0.15) is 0 Å². The van der Waals surface area contributed by atoms with Crippen molar-refractivity contribution >= 4 is 27.7 Å². The number of alkyl halides is 1. The fraction of sp³-hybridized carbons (Fsp3) is 0.889. The molecule has 98 valence electrons. The lowest BCUT2D eigenvalue weighted by Gasteiger charge is -2.35. The van der Waals surface area contributed by atoms with E-state index in [1.165, 1.54) is 4.31 Å². The van der Waals surface area contributed by atoms with Gasteiger partial charge in [0.15, 0.2) is 0 Å². The summed E-state index contributed by atoms with van der Waals surface area (Å²) < 4.78 is 24.5. The molecule has 0 unspecified atom stereocenters. The molecule has 0 aliphatic carbocycles. The van der Waals surface area contributed by atoms with Gasteiger partial charge < -0.3 is 10.2 Å². The summed E-state index contributed by atoms with van der Waals surface area (Å²) >= 11 is 5.41. The van der Waals surface area contributed by atoms with Crippen LogP contribution in [0.1, 0.15) is 12.8 Å². The summed E-state index contributed by atoms with van der Waals surface area (Å²) in [5, 5.41) is 2.38. The van der Waals surface area contributed by atoms with E-state index in [-0.39, 0.29) is 17.3 Å². The molecule has 2 fully saturated rings. The largest absolute Gasteiger partial charge is 0.336 e. The van der Waals surface area contributed by atoms with Crippen molar-refractivity contribution in [1.82, 2.24) is 14.5 Å². The molecule has 0 aromatic rings. The highest BCUT2D eigenvalue weighted by atomic mass is 35.5. The Morgan fingerprint density at radius 3 is 2.41 bits per heavy atom. The van der Waals surface area contributed by atoms with E-state index >= 15 is 0 Å². The van der Waals surface area contributed by atoms with Crippen LogP contribution in [0, 0.1) is 0 Å². The van der Waals surface area contributed by atoms with Crippen molar-refractivity contribution in [2.75, 3.05) is 31.4 Å². The fourth-order valence-corrected chi connectivity index (χ4v) is 3.66. The zero-order valence-electron chi connectivity index (χ0n) is 9.43. The average Bonchev–Trinajstić information content (AvgIpc) is 2.76. The quantitative estimate of drug-likeness (QED) is 0.741. The number of amides is 2. The van der Waals surface area contributed by atoms with Crippen LogP contribution in [0.15, 0.2) is 0 Å². The van der Waals surface area contributed by atoms with Gasteiger partial charge >= 0.3 is 6.03 Å². The summed E-state index contributed by atoms with van der Waals surface area (Å²) in [6, 6.07) is 0.114. The lowest BCUT2D eigenvalue weighted by molar-refractivity contribution is 0.167. The van der Waals surface area contributed by atoms with Crippen molar-refractivity contribution in [3.8, 4) is 0 Å². The predicted molar refractivity (Wildman–Crippen MR) is 64.3 cm³/mol. The summed E-state index contributed by atoms with van der Waals surface area (Å²) in [7, 11) is -3.30. The van der Waals surface area contributed by atoms with Crippen molar-refractivity contribution in [1.29, 1.82) is 0 Å². The van der Waals surface area contributed by atoms with Crippen LogP contribution in [0.4, 0.5) is 4.79 Å². The number of carbonyl (C=O) groups is 1. The number of sulfonamides is 1. The zero-order valence-corrected chi connectivity index (χ0v) is 11.0. The van der Waals surface area contributed by atoms with E-state index in [4.69, 9.17) is 11.6 Å². The molecular weight excluding hydrogens is 266 g/mol. The number of rotatable bonds is 3. The topological polar surface area (TPSA) is 69.7 Å². The molecule has 2 heterocycles. The second kappa shape index (κ2) is 4.99. The molecule has 0 bridgehead atoms. The van der Waals surface area contributed by atoms with Crippen LogP contribution < -0.4 is 5.32 Å². The lowest BCUT2D eigenvalue weighted by Crippen LogP contribution is -2.47. The van der Waals surface area contributed by atoms with Gasteiger partial charge in [0.05, 0.1) is 0 Å². The Hall–Kier alpha value is -0.530. The molecule has 0 saturated carbocycles.